The molecule has 0 atom stereocenters. The second-order valence-corrected chi connectivity index (χ2v) is 17.9. The maximum atomic E-state index is 6.65. The number of furan rings is 1. The van der Waals surface area contributed by atoms with E-state index >= 15 is 0 Å². The van der Waals surface area contributed by atoms with E-state index in [1.165, 1.54) is 65.7 Å². The van der Waals surface area contributed by atoms with Gasteiger partial charge in [-0.2, -0.15) is 0 Å². The SMILES string of the molecule is CC(C)(C)c1ccc2c(c1)cc(-c1ccc(N(c3ccc(-c4ccc5ccccc5c4)cc3)c3cccc4c3oc3ccccc34)cc1)c1cc(C(C)(C)C)ccc12. The van der Waals surface area contributed by atoms with E-state index in [1.807, 2.05) is 6.07 Å². The van der Waals surface area contributed by atoms with Gasteiger partial charge in [-0.1, -0.05) is 163 Å². The molecule has 1 aromatic heterocycles. The fraction of sp³-hybridized carbons (Fsp3) is 0.143. The number of anilines is 3. The van der Waals surface area contributed by atoms with E-state index in [2.05, 4.69) is 216 Å². The fourth-order valence-electron chi connectivity index (χ4n) is 8.63. The Labute approximate surface area is 341 Å². The lowest BCUT2D eigenvalue weighted by Gasteiger charge is -2.26. The zero-order chi connectivity index (χ0) is 39.8. The van der Waals surface area contributed by atoms with Crippen LogP contribution < -0.4 is 4.90 Å². The molecule has 0 fully saturated rings. The van der Waals surface area contributed by atoms with E-state index in [0.717, 1.165) is 39.0 Å². The topological polar surface area (TPSA) is 16.4 Å². The molecule has 282 valence electrons. The highest BCUT2D eigenvalue weighted by atomic mass is 16.3. The Hall–Kier alpha value is -6.64. The monoisotopic (exact) mass is 749 g/mol. The van der Waals surface area contributed by atoms with Gasteiger partial charge < -0.3 is 9.32 Å². The first-order valence-corrected chi connectivity index (χ1v) is 20.4. The molecular formula is C56H47NO. The normalized spacial score (nSPS) is 12.3. The lowest BCUT2D eigenvalue weighted by atomic mass is 9.82. The summed E-state index contributed by atoms with van der Waals surface area (Å²) in [6.45, 7) is 13.8. The van der Waals surface area contributed by atoms with Gasteiger partial charge in [-0.3, -0.25) is 0 Å². The molecule has 0 amide bonds. The van der Waals surface area contributed by atoms with Crippen LogP contribution in [0.2, 0.25) is 0 Å². The molecule has 2 heteroatoms. The van der Waals surface area contributed by atoms with Crippen molar-refractivity contribution in [3.8, 4) is 22.3 Å². The zero-order valence-corrected chi connectivity index (χ0v) is 34.1. The van der Waals surface area contributed by atoms with Gasteiger partial charge in [0, 0.05) is 22.1 Å². The van der Waals surface area contributed by atoms with Crippen LogP contribution in [0.5, 0.6) is 0 Å². The maximum absolute atomic E-state index is 6.65. The quantitative estimate of drug-likeness (QED) is 0.163. The van der Waals surface area contributed by atoms with Crippen molar-refractivity contribution in [3.05, 3.63) is 187 Å². The molecule has 0 bridgehead atoms. The molecule has 0 saturated carbocycles. The molecule has 0 unspecified atom stereocenters. The molecule has 0 radical (unpaired) electrons. The molecule has 10 aromatic rings. The van der Waals surface area contributed by atoms with Crippen LogP contribution in [-0.2, 0) is 10.8 Å². The summed E-state index contributed by atoms with van der Waals surface area (Å²) in [7, 11) is 0. The summed E-state index contributed by atoms with van der Waals surface area (Å²) in [5.41, 5.74) is 12.5. The highest BCUT2D eigenvalue weighted by molar-refractivity contribution is 6.14. The Bertz CT molecular complexity index is 3170. The van der Waals surface area contributed by atoms with Gasteiger partial charge in [0.15, 0.2) is 5.58 Å². The van der Waals surface area contributed by atoms with Crippen molar-refractivity contribution in [2.24, 2.45) is 0 Å². The second-order valence-electron chi connectivity index (χ2n) is 17.9. The number of hydrogen-bond donors (Lipinski definition) is 0. The molecule has 1 heterocycles. The predicted octanol–water partition coefficient (Wildman–Crippen LogP) is 16.4. The van der Waals surface area contributed by atoms with Crippen molar-refractivity contribution in [1.29, 1.82) is 0 Å². The minimum absolute atomic E-state index is 0.0301. The van der Waals surface area contributed by atoms with Crippen molar-refractivity contribution in [2.45, 2.75) is 52.4 Å². The molecule has 2 nitrogen and oxygen atoms in total. The van der Waals surface area contributed by atoms with Gasteiger partial charge in [0.25, 0.3) is 0 Å². The molecule has 58 heavy (non-hydrogen) atoms. The van der Waals surface area contributed by atoms with E-state index in [0.29, 0.717) is 0 Å². The van der Waals surface area contributed by atoms with E-state index in [1.54, 1.807) is 0 Å². The first-order valence-electron chi connectivity index (χ1n) is 20.4. The zero-order valence-electron chi connectivity index (χ0n) is 34.1. The Morgan fingerprint density at radius 2 is 0.983 bits per heavy atom. The minimum atomic E-state index is 0.0301. The van der Waals surface area contributed by atoms with E-state index in [4.69, 9.17) is 4.42 Å². The molecule has 0 aliphatic rings. The molecular weight excluding hydrogens is 703 g/mol. The number of rotatable bonds is 5. The van der Waals surface area contributed by atoms with Crippen LogP contribution in [0.3, 0.4) is 0 Å². The van der Waals surface area contributed by atoms with Crippen LogP contribution >= 0.6 is 0 Å². The highest BCUT2D eigenvalue weighted by Gasteiger charge is 2.22. The standard InChI is InChI=1S/C56H47NO/c1-55(2,3)42-24-30-46-41(33-42)34-50(51-35-43(56(4,5)6)25-31-47(46)51)38-22-28-45(29-23-38)57(52-16-11-15-49-48-14-9-10-17-53(48)58-54(49)52)44-26-20-37(21-27-44)40-19-18-36-12-7-8-13-39(36)32-40/h7-35H,1-6H3. The minimum Gasteiger partial charge on any atom is -0.454 e. The van der Waals surface area contributed by atoms with Gasteiger partial charge in [-0.25, -0.2) is 0 Å². The lowest BCUT2D eigenvalue weighted by Crippen LogP contribution is -2.11. The molecule has 0 saturated heterocycles. The van der Waals surface area contributed by atoms with Crippen LogP contribution in [0.15, 0.2) is 180 Å². The van der Waals surface area contributed by atoms with Crippen molar-refractivity contribution in [1.82, 2.24) is 0 Å². The van der Waals surface area contributed by atoms with Crippen molar-refractivity contribution in [2.75, 3.05) is 4.90 Å². The molecule has 0 aliphatic carbocycles. The van der Waals surface area contributed by atoms with Gasteiger partial charge in [0.1, 0.15) is 5.58 Å². The fourth-order valence-corrected chi connectivity index (χ4v) is 8.63. The number of benzene rings is 9. The second kappa shape index (κ2) is 13.5. The summed E-state index contributed by atoms with van der Waals surface area (Å²) < 4.78 is 6.65. The van der Waals surface area contributed by atoms with Gasteiger partial charge in [0.2, 0.25) is 0 Å². The van der Waals surface area contributed by atoms with Crippen LogP contribution in [0, 0.1) is 0 Å². The Morgan fingerprint density at radius 3 is 1.71 bits per heavy atom. The third kappa shape index (κ3) is 6.21. The third-order valence-electron chi connectivity index (χ3n) is 12.0. The van der Waals surface area contributed by atoms with E-state index < -0.39 is 0 Å². The number of hydrogen-bond acceptors (Lipinski definition) is 2. The van der Waals surface area contributed by atoms with Crippen LogP contribution in [0.1, 0.15) is 52.7 Å². The average molecular weight is 750 g/mol. The summed E-state index contributed by atoms with van der Waals surface area (Å²) in [4.78, 5) is 2.34. The summed E-state index contributed by atoms with van der Waals surface area (Å²) in [6, 6.07) is 64.6. The molecule has 10 rings (SSSR count). The van der Waals surface area contributed by atoms with Crippen molar-refractivity contribution < 1.29 is 4.42 Å². The number of nitrogens with zero attached hydrogens (tertiary/aromatic N) is 1. The Morgan fingerprint density at radius 1 is 0.379 bits per heavy atom. The number of fused-ring (bicyclic) bond motifs is 7. The third-order valence-corrected chi connectivity index (χ3v) is 12.0. The summed E-state index contributed by atoms with van der Waals surface area (Å²) in [6.07, 6.45) is 0. The van der Waals surface area contributed by atoms with Gasteiger partial charge >= 0.3 is 0 Å². The van der Waals surface area contributed by atoms with E-state index in [9.17, 15) is 0 Å². The van der Waals surface area contributed by atoms with E-state index in [-0.39, 0.29) is 10.8 Å². The van der Waals surface area contributed by atoms with Gasteiger partial charge in [0.05, 0.1) is 5.69 Å². The number of para-hydroxylation sites is 2. The maximum Gasteiger partial charge on any atom is 0.159 e. The average Bonchev–Trinajstić information content (AvgIpc) is 3.62. The molecule has 0 N–H and O–H groups in total. The Kier molecular flexibility index (Phi) is 8.32. The molecule has 0 spiro atoms. The smallest absolute Gasteiger partial charge is 0.159 e. The van der Waals surface area contributed by atoms with Crippen LogP contribution in [0.4, 0.5) is 17.1 Å². The summed E-state index contributed by atoms with van der Waals surface area (Å²) in [5.74, 6) is 0. The van der Waals surface area contributed by atoms with Crippen molar-refractivity contribution in [3.63, 3.8) is 0 Å². The van der Waals surface area contributed by atoms with Crippen LogP contribution in [-0.4, -0.2) is 0 Å². The van der Waals surface area contributed by atoms with Crippen molar-refractivity contribution >= 4 is 71.3 Å². The largest absolute Gasteiger partial charge is 0.454 e. The lowest BCUT2D eigenvalue weighted by molar-refractivity contribution is 0.590. The van der Waals surface area contributed by atoms with Crippen LogP contribution in [0.25, 0.3) is 76.5 Å². The van der Waals surface area contributed by atoms with Gasteiger partial charge in [-0.15, -0.1) is 0 Å². The predicted molar refractivity (Wildman–Crippen MR) is 249 cm³/mol. The first kappa shape index (κ1) is 35.8. The molecule has 0 aliphatic heterocycles. The Balaban J connectivity index is 1.13. The summed E-state index contributed by atoms with van der Waals surface area (Å²) in [5, 5.41) is 9.85. The first-order chi connectivity index (χ1) is 28.0. The highest BCUT2D eigenvalue weighted by Crippen LogP contribution is 2.44. The summed E-state index contributed by atoms with van der Waals surface area (Å²) >= 11 is 0. The van der Waals surface area contributed by atoms with Gasteiger partial charge in [-0.05, 0) is 131 Å². The molecule has 9 aromatic carbocycles.